The Hall–Kier alpha value is -1.26. The average Bonchev–Trinajstić information content (AvgIpc) is 2.73. The molecule has 0 aromatic rings. The van der Waals surface area contributed by atoms with Gasteiger partial charge in [0.05, 0.1) is 5.41 Å². The Morgan fingerprint density at radius 1 is 1.32 bits per heavy atom. The lowest BCUT2D eigenvalue weighted by Gasteiger charge is -2.40. The van der Waals surface area contributed by atoms with Crippen LogP contribution < -0.4 is 5.32 Å². The molecular formula is C14H24N2O3. The molecule has 0 bridgehead atoms. The molecule has 2 rings (SSSR count). The summed E-state index contributed by atoms with van der Waals surface area (Å²) in [6, 6.07) is -0.0959. The van der Waals surface area contributed by atoms with E-state index >= 15 is 0 Å². The molecule has 0 aromatic heterocycles. The number of carbonyl (C=O) groups excluding carboxylic acids is 1. The van der Waals surface area contributed by atoms with Gasteiger partial charge in [-0.05, 0) is 39.0 Å². The summed E-state index contributed by atoms with van der Waals surface area (Å²) in [6.45, 7) is 4.94. The van der Waals surface area contributed by atoms with E-state index in [-0.39, 0.29) is 11.6 Å². The zero-order valence-electron chi connectivity index (χ0n) is 11.9. The minimum Gasteiger partial charge on any atom is -0.481 e. The summed E-state index contributed by atoms with van der Waals surface area (Å²) >= 11 is 0. The number of amides is 2. The van der Waals surface area contributed by atoms with Crippen LogP contribution in [0.5, 0.6) is 0 Å². The fraction of sp³-hybridized carbons (Fsp3) is 0.857. The molecule has 1 heterocycles. The second-order valence-electron chi connectivity index (χ2n) is 6.35. The van der Waals surface area contributed by atoms with E-state index in [4.69, 9.17) is 0 Å². The molecule has 1 aliphatic heterocycles. The molecule has 1 unspecified atom stereocenters. The first kappa shape index (κ1) is 14.2. The molecule has 19 heavy (non-hydrogen) atoms. The van der Waals surface area contributed by atoms with Gasteiger partial charge in [0, 0.05) is 18.6 Å². The van der Waals surface area contributed by atoms with Crippen molar-refractivity contribution < 1.29 is 14.7 Å². The van der Waals surface area contributed by atoms with Gasteiger partial charge in [-0.3, -0.25) is 4.79 Å². The lowest BCUT2D eigenvalue weighted by atomic mass is 9.79. The first-order valence-corrected chi connectivity index (χ1v) is 7.21. The number of nitrogens with zero attached hydrogens (tertiary/aromatic N) is 1. The van der Waals surface area contributed by atoms with Gasteiger partial charge in [0.2, 0.25) is 0 Å². The average molecular weight is 268 g/mol. The van der Waals surface area contributed by atoms with Crippen LogP contribution in [0.4, 0.5) is 4.79 Å². The maximum atomic E-state index is 12.2. The maximum absolute atomic E-state index is 12.2. The van der Waals surface area contributed by atoms with E-state index in [1.54, 1.807) is 4.90 Å². The Labute approximate surface area is 114 Å². The second kappa shape index (κ2) is 5.02. The molecule has 0 aromatic carbocycles. The highest BCUT2D eigenvalue weighted by molar-refractivity contribution is 5.80. The number of carboxylic acid groups (broad SMARTS) is 1. The number of urea groups is 1. The van der Waals surface area contributed by atoms with Crippen LogP contribution in [0.3, 0.4) is 0 Å². The van der Waals surface area contributed by atoms with E-state index in [1.807, 2.05) is 6.92 Å². The summed E-state index contributed by atoms with van der Waals surface area (Å²) < 4.78 is 0. The van der Waals surface area contributed by atoms with Crippen molar-refractivity contribution in [1.82, 2.24) is 10.2 Å². The second-order valence-corrected chi connectivity index (χ2v) is 6.35. The molecule has 5 heteroatoms. The van der Waals surface area contributed by atoms with Crippen LogP contribution in [0, 0.1) is 5.41 Å². The lowest BCUT2D eigenvalue weighted by Crippen LogP contribution is -2.55. The fourth-order valence-corrected chi connectivity index (χ4v) is 3.18. The van der Waals surface area contributed by atoms with E-state index in [9.17, 15) is 14.7 Å². The summed E-state index contributed by atoms with van der Waals surface area (Å²) in [5.74, 6) is -0.764. The predicted octanol–water partition coefficient (Wildman–Crippen LogP) is 2.22. The highest BCUT2D eigenvalue weighted by Crippen LogP contribution is 2.36. The zero-order valence-corrected chi connectivity index (χ0v) is 11.9. The third kappa shape index (κ3) is 2.69. The molecular weight excluding hydrogens is 244 g/mol. The monoisotopic (exact) mass is 268 g/mol. The molecule has 1 saturated carbocycles. The van der Waals surface area contributed by atoms with Crippen LogP contribution in [-0.2, 0) is 4.79 Å². The first-order chi connectivity index (χ1) is 8.91. The van der Waals surface area contributed by atoms with Crippen LogP contribution in [0.1, 0.15) is 52.4 Å². The van der Waals surface area contributed by atoms with Crippen LogP contribution >= 0.6 is 0 Å². The number of rotatable bonds is 4. The van der Waals surface area contributed by atoms with Gasteiger partial charge in [-0.15, -0.1) is 0 Å². The quantitative estimate of drug-likeness (QED) is 0.821. The Kier molecular flexibility index (Phi) is 3.74. The van der Waals surface area contributed by atoms with E-state index in [2.05, 4.69) is 12.2 Å². The van der Waals surface area contributed by atoms with E-state index in [0.717, 1.165) is 25.7 Å². The molecule has 0 radical (unpaired) electrons. The van der Waals surface area contributed by atoms with Gasteiger partial charge < -0.3 is 15.3 Å². The first-order valence-electron chi connectivity index (χ1n) is 7.21. The number of hydrogen-bond acceptors (Lipinski definition) is 2. The zero-order chi connectivity index (χ0) is 14.1. The third-order valence-electron chi connectivity index (χ3n) is 4.69. The van der Waals surface area contributed by atoms with Gasteiger partial charge in [-0.1, -0.05) is 13.3 Å². The summed E-state index contributed by atoms with van der Waals surface area (Å²) in [5, 5.41) is 12.5. The molecule has 1 saturated heterocycles. The van der Waals surface area contributed by atoms with Crippen LogP contribution in [-0.4, -0.2) is 40.6 Å². The number of hydrogen-bond donors (Lipinski definition) is 2. The molecule has 2 N–H and O–H groups in total. The molecule has 2 aliphatic rings. The molecule has 5 nitrogen and oxygen atoms in total. The molecule has 2 amide bonds. The number of likely N-dealkylation sites (tertiary alicyclic amines) is 1. The highest BCUT2D eigenvalue weighted by Gasteiger charge is 2.46. The van der Waals surface area contributed by atoms with Crippen molar-refractivity contribution in [1.29, 1.82) is 0 Å². The summed E-state index contributed by atoms with van der Waals surface area (Å²) in [5.41, 5.74) is -0.803. The predicted molar refractivity (Wildman–Crippen MR) is 72.0 cm³/mol. The van der Waals surface area contributed by atoms with Crippen molar-refractivity contribution in [2.75, 3.05) is 13.1 Å². The van der Waals surface area contributed by atoms with Crippen molar-refractivity contribution >= 4 is 12.0 Å². The van der Waals surface area contributed by atoms with Gasteiger partial charge in [0.15, 0.2) is 0 Å². The van der Waals surface area contributed by atoms with E-state index < -0.39 is 11.4 Å². The van der Waals surface area contributed by atoms with Gasteiger partial charge in [-0.25, -0.2) is 4.79 Å². The Morgan fingerprint density at radius 3 is 2.47 bits per heavy atom. The summed E-state index contributed by atoms with van der Waals surface area (Å²) in [7, 11) is 0. The van der Waals surface area contributed by atoms with Gasteiger partial charge >= 0.3 is 12.0 Å². The molecule has 1 aliphatic carbocycles. The Bertz CT molecular complexity index is 379. The molecule has 2 fully saturated rings. The van der Waals surface area contributed by atoms with E-state index in [0.29, 0.717) is 25.9 Å². The molecule has 108 valence electrons. The van der Waals surface area contributed by atoms with Gasteiger partial charge in [-0.2, -0.15) is 0 Å². The smallest absolute Gasteiger partial charge is 0.317 e. The van der Waals surface area contributed by atoms with E-state index in [1.165, 1.54) is 0 Å². The van der Waals surface area contributed by atoms with Crippen molar-refractivity contribution in [2.45, 2.75) is 57.9 Å². The summed E-state index contributed by atoms with van der Waals surface area (Å²) in [6.07, 6.45) is 5.24. The third-order valence-corrected chi connectivity index (χ3v) is 4.69. The Balaban J connectivity index is 1.96. The fourth-order valence-electron chi connectivity index (χ4n) is 3.18. The van der Waals surface area contributed by atoms with Gasteiger partial charge in [0.25, 0.3) is 0 Å². The van der Waals surface area contributed by atoms with Crippen molar-refractivity contribution in [3.63, 3.8) is 0 Å². The molecule has 0 spiro atoms. The van der Waals surface area contributed by atoms with Gasteiger partial charge in [0.1, 0.15) is 0 Å². The van der Waals surface area contributed by atoms with Crippen LogP contribution in [0.25, 0.3) is 0 Å². The number of carboxylic acids is 1. The highest BCUT2D eigenvalue weighted by atomic mass is 16.4. The SMILES string of the molecule is CCCC1(C(=O)O)CCN(C(=O)NC2(C)CCC2)C1. The normalized spacial score (nSPS) is 28.8. The van der Waals surface area contributed by atoms with Crippen molar-refractivity contribution in [3.05, 3.63) is 0 Å². The minimum absolute atomic E-state index is 0.0731. The number of nitrogens with one attached hydrogen (secondary N) is 1. The van der Waals surface area contributed by atoms with Crippen LogP contribution in [0.15, 0.2) is 0 Å². The summed E-state index contributed by atoms with van der Waals surface area (Å²) in [4.78, 5) is 25.3. The maximum Gasteiger partial charge on any atom is 0.317 e. The Morgan fingerprint density at radius 2 is 2.00 bits per heavy atom. The molecule has 1 atom stereocenters. The standard InChI is InChI=1S/C14H24N2O3/c1-3-5-14(11(17)18)8-9-16(10-14)12(19)15-13(2)6-4-7-13/h3-10H2,1-2H3,(H,15,19)(H,17,18). The number of carbonyl (C=O) groups is 2. The van der Waals surface area contributed by atoms with Crippen LogP contribution in [0.2, 0.25) is 0 Å². The largest absolute Gasteiger partial charge is 0.481 e. The number of aliphatic carboxylic acids is 1. The lowest BCUT2D eigenvalue weighted by molar-refractivity contribution is -0.148. The topological polar surface area (TPSA) is 69.6 Å². The van der Waals surface area contributed by atoms with Crippen molar-refractivity contribution in [2.24, 2.45) is 5.41 Å². The minimum atomic E-state index is -0.764. The van der Waals surface area contributed by atoms with Crippen molar-refractivity contribution in [3.8, 4) is 0 Å².